The summed E-state index contributed by atoms with van der Waals surface area (Å²) in [6, 6.07) is 6.73. The third kappa shape index (κ3) is 3.59. The molecule has 0 saturated heterocycles. The molecular formula is C17H13N7O4S2. The fraction of sp³-hybridized carbons (Fsp3) is 0.176. The highest BCUT2D eigenvalue weighted by molar-refractivity contribution is 7.99. The summed E-state index contributed by atoms with van der Waals surface area (Å²) in [4.78, 5) is 33.1. The number of aromatic nitrogens is 6. The van der Waals surface area contributed by atoms with E-state index in [1.165, 1.54) is 21.9 Å². The van der Waals surface area contributed by atoms with Crippen LogP contribution in [0.4, 0.5) is 5.13 Å². The van der Waals surface area contributed by atoms with Gasteiger partial charge < -0.3 is 9.47 Å². The summed E-state index contributed by atoms with van der Waals surface area (Å²) in [6.07, 6.45) is 0. The van der Waals surface area contributed by atoms with Gasteiger partial charge in [-0.2, -0.15) is 0 Å². The molecule has 1 aromatic carbocycles. The molecule has 0 fully saturated rings. The smallest absolute Gasteiger partial charge is 0.266 e. The standard InChI is InChI=1S/C17H13N7O4S2/c1-8-21-22-16(30-8)19-14(26)6-29-17-20-15(18-12-5-13(25)23-24(12)17)9-2-3-10-11(4-9)28-7-27-10/h2-5H,6-7H2,1H3,(H,23,25)(H,19,22,26). The van der Waals surface area contributed by atoms with Crippen LogP contribution in [0.2, 0.25) is 0 Å². The lowest BCUT2D eigenvalue weighted by Crippen LogP contribution is -2.15. The second-order valence-electron chi connectivity index (χ2n) is 6.17. The third-order valence-electron chi connectivity index (χ3n) is 4.06. The van der Waals surface area contributed by atoms with E-state index in [0.717, 1.165) is 16.8 Å². The molecule has 0 spiro atoms. The average Bonchev–Trinajstić information content (AvgIpc) is 3.44. The molecule has 1 aliphatic rings. The van der Waals surface area contributed by atoms with Crippen LogP contribution in [0.1, 0.15) is 5.01 Å². The molecular weight excluding hydrogens is 430 g/mol. The zero-order valence-electron chi connectivity index (χ0n) is 15.4. The predicted octanol–water partition coefficient (Wildman–Crippen LogP) is 1.70. The monoisotopic (exact) mass is 443 g/mol. The topological polar surface area (TPSA) is 136 Å². The van der Waals surface area contributed by atoms with E-state index in [-0.39, 0.29) is 24.0 Å². The Labute approximate surface area is 176 Å². The average molecular weight is 443 g/mol. The van der Waals surface area contributed by atoms with Gasteiger partial charge >= 0.3 is 0 Å². The van der Waals surface area contributed by atoms with Crippen molar-refractivity contribution in [3.8, 4) is 22.9 Å². The molecule has 0 bridgehead atoms. The third-order valence-corrected chi connectivity index (χ3v) is 5.75. The Balaban J connectivity index is 1.43. The fourth-order valence-electron chi connectivity index (χ4n) is 2.78. The van der Waals surface area contributed by atoms with Gasteiger partial charge in [0.25, 0.3) is 5.56 Å². The highest BCUT2D eigenvalue weighted by atomic mass is 32.2. The highest BCUT2D eigenvalue weighted by Crippen LogP contribution is 2.35. The van der Waals surface area contributed by atoms with Crippen molar-refractivity contribution >= 4 is 39.8 Å². The summed E-state index contributed by atoms with van der Waals surface area (Å²) in [5, 5.41) is 14.7. The summed E-state index contributed by atoms with van der Waals surface area (Å²) in [5.41, 5.74) is 0.777. The molecule has 5 rings (SSSR count). The molecule has 30 heavy (non-hydrogen) atoms. The molecule has 2 N–H and O–H groups in total. The van der Waals surface area contributed by atoms with E-state index in [1.54, 1.807) is 19.1 Å². The Morgan fingerprint density at radius 3 is 2.97 bits per heavy atom. The molecule has 0 atom stereocenters. The van der Waals surface area contributed by atoms with Crippen molar-refractivity contribution in [2.75, 3.05) is 17.9 Å². The van der Waals surface area contributed by atoms with Gasteiger partial charge in [0, 0.05) is 11.6 Å². The minimum Gasteiger partial charge on any atom is -0.454 e. The molecule has 3 aromatic heterocycles. The van der Waals surface area contributed by atoms with E-state index in [0.29, 0.717) is 38.8 Å². The number of carbonyl (C=O) groups excluding carboxylic acids is 1. The summed E-state index contributed by atoms with van der Waals surface area (Å²) >= 11 is 2.45. The molecule has 0 saturated carbocycles. The van der Waals surface area contributed by atoms with Crippen molar-refractivity contribution in [3.63, 3.8) is 0 Å². The Bertz CT molecular complexity index is 1330. The van der Waals surface area contributed by atoms with Crippen LogP contribution in [-0.4, -0.2) is 48.2 Å². The number of hydrogen-bond donors (Lipinski definition) is 2. The van der Waals surface area contributed by atoms with Crippen LogP contribution in [0, 0.1) is 6.92 Å². The van der Waals surface area contributed by atoms with Gasteiger partial charge in [0.1, 0.15) is 5.01 Å². The van der Waals surface area contributed by atoms with Crippen molar-refractivity contribution in [2.45, 2.75) is 12.1 Å². The zero-order valence-corrected chi connectivity index (χ0v) is 17.0. The number of fused-ring (bicyclic) bond motifs is 2. The van der Waals surface area contributed by atoms with E-state index in [2.05, 4.69) is 30.6 Å². The number of nitrogens with zero attached hydrogens (tertiary/aromatic N) is 5. The number of nitrogens with one attached hydrogen (secondary N) is 2. The van der Waals surface area contributed by atoms with E-state index in [9.17, 15) is 9.59 Å². The maximum absolute atomic E-state index is 12.3. The molecule has 4 aromatic rings. The minimum atomic E-state index is -0.317. The van der Waals surface area contributed by atoms with E-state index < -0.39 is 0 Å². The number of rotatable bonds is 5. The number of hydrogen-bond acceptors (Lipinski definition) is 10. The van der Waals surface area contributed by atoms with Crippen LogP contribution in [0.5, 0.6) is 11.5 Å². The molecule has 13 heteroatoms. The van der Waals surface area contributed by atoms with Gasteiger partial charge in [-0.3, -0.25) is 20.0 Å². The van der Waals surface area contributed by atoms with Crippen LogP contribution in [-0.2, 0) is 4.79 Å². The van der Waals surface area contributed by atoms with E-state index in [4.69, 9.17) is 9.47 Å². The number of benzene rings is 1. The SMILES string of the molecule is Cc1nnc(NC(=O)CSc2nc(-c3ccc4c(c3)OCO4)nc3cc(=O)[nH]n23)s1. The molecule has 0 unspecified atom stereocenters. The molecule has 1 aliphatic heterocycles. The Hall–Kier alpha value is -3.45. The lowest BCUT2D eigenvalue weighted by Gasteiger charge is -2.08. The number of aromatic amines is 1. The lowest BCUT2D eigenvalue weighted by molar-refractivity contribution is -0.113. The largest absolute Gasteiger partial charge is 0.454 e. The summed E-state index contributed by atoms with van der Waals surface area (Å²) in [6.45, 7) is 1.97. The molecule has 152 valence electrons. The minimum absolute atomic E-state index is 0.0610. The van der Waals surface area contributed by atoms with Gasteiger partial charge in [0.2, 0.25) is 17.8 Å². The van der Waals surface area contributed by atoms with Gasteiger partial charge in [-0.15, -0.1) is 10.2 Å². The maximum atomic E-state index is 12.3. The molecule has 11 nitrogen and oxygen atoms in total. The number of thioether (sulfide) groups is 1. The lowest BCUT2D eigenvalue weighted by atomic mass is 10.2. The number of aryl methyl sites for hydroxylation is 1. The van der Waals surface area contributed by atoms with Gasteiger partial charge in [-0.25, -0.2) is 14.5 Å². The van der Waals surface area contributed by atoms with Gasteiger partial charge in [0.15, 0.2) is 28.1 Å². The highest BCUT2D eigenvalue weighted by Gasteiger charge is 2.18. The Morgan fingerprint density at radius 2 is 2.13 bits per heavy atom. The number of H-pyrrole nitrogens is 1. The maximum Gasteiger partial charge on any atom is 0.266 e. The first kappa shape index (κ1) is 18.6. The number of anilines is 1. The van der Waals surface area contributed by atoms with E-state index in [1.807, 2.05) is 6.07 Å². The zero-order chi connectivity index (χ0) is 20.7. The van der Waals surface area contributed by atoms with Crippen LogP contribution in [0.15, 0.2) is 34.2 Å². The second kappa shape index (κ2) is 7.42. The summed E-state index contributed by atoms with van der Waals surface area (Å²) in [5.74, 6) is 1.45. The van der Waals surface area contributed by atoms with Crippen molar-refractivity contribution in [1.82, 2.24) is 29.8 Å². The first-order valence-corrected chi connectivity index (χ1v) is 10.5. The second-order valence-corrected chi connectivity index (χ2v) is 8.30. The van der Waals surface area contributed by atoms with Crippen molar-refractivity contribution in [2.24, 2.45) is 0 Å². The van der Waals surface area contributed by atoms with Gasteiger partial charge in [-0.1, -0.05) is 23.1 Å². The normalized spacial score (nSPS) is 12.4. The van der Waals surface area contributed by atoms with Crippen LogP contribution >= 0.6 is 23.1 Å². The fourth-order valence-corrected chi connectivity index (χ4v) is 4.14. The molecule has 4 heterocycles. The predicted molar refractivity (Wildman–Crippen MR) is 109 cm³/mol. The van der Waals surface area contributed by atoms with Crippen molar-refractivity contribution in [3.05, 3.63) is 39.6 Å². The van der Waals surface area contributed by atoms with Crippen LogP contribution < -0.4 is 20.3 Å². The van der Waals surface area contributed by atoms with E-state index >= 15 is 0 Å². The molecule has 0 aliphatic carbocycles. The Morgan fingerprint density at radius 1 is 1.27 bits per heavy atom. The van der Waals surface area contributed by atoms with Gasteiger partial charge in [0.05, 0.1) is 5.75 Å². The summed E-state index contributed by atoms with van der Waals surface area (Å²) in [7, 11) is 0. The van der Waals surface area contributed by atoms with Gasteiger partial charge in [-0.05, 0) is 25.1 Å². The van der Waals surface area contributed by atoms with Crippen molar-refractivity contribution < 1.29 is 14.3 Å². The molecule has 0 radical (unpaired) electrons. The van der Waals surface area contributed by atoms with Crippen molar-refractivity contribution in [1.29, 1.82) is 0 Å². The Kier molecular flexibility index (Phi) is 4.59. The quantitative estimate of drug-likeness (QED) is 0.442. The van der Waals surface area contributed by atoms with Crippen LogP contribution in [0.25, 0.3) is 17.0 Å². The number of ether oxygens (including phenoxy) is 2. The first-order chi connectivity index (χ1) is 14.5. The summed E-state index contributed by atoms with van der Waals surface area (Å²) < 4.78 is 12.2. The number of carbonyl (C=O) groups is 1. The number of amides is 1. The first-order valence-electron chi connectivity index (χ1n) is 8.68. The van der Waals surface area contributed by atoms with Crippen LogP contribution in [0.3, 0.4) is 0 Å². The molecule has 1 amide bonds.